The minimum Gasteiger partial charge on any atom is -0.337 e. The molecule has 3 N–H and O–H groups in total. The van der Waals surface area contributed by atoms with Crippen molar-refractivity contribution in [1.82, 2.24) is 20.2 Å². The molecule has 1 fully saturated rings. The Labute approximate surface area is 103 Å². The van der Waals surface area contributed by atoms with Gasteiger partial charge in [-0.1, -0.05) is 0 Å². The minimum absolute atomic E-state index is 0.0219. The number of likely N-dealkylation sites (tertiary alicyclic amines) is 1. The Morgan fingerprint density at radius 1 is 1.50 bits per heavy atom. The molecule has 18 heavy (non-hydrogen) atoms. The summed E-state index contributed by atoms with van der Waals surface area (Å²) >= 11 is 0. The number of carbonyl (C=O) groups is 1. The highest BCUT2D eigenvalue weighted by Gasteiger charge is 2.25. The molecule has 1 aromatic heterocycles. The van der Waals surface area contributed by atoms with Gasteiger partial charge in [0.2, 0.25) is 0 Å². The molecule has 7 heteroatoms. The van der Waals surface area contributed by atoms with E-state index in [1.807, 2.05) is 7.05 Å². The molecular formula is C11H16N4O3. The van der Waals surface area contributed by atoms with E-state index in [-0.39, 0.29) is 17.5 Å². The minimum atomic E-state index is -0.643. The van der Waals surface area contributed by atoms with Crippen molar-refractivity contribution < 1.29 is 4.79 Å². The highest BCUT2D eigenvalue weighted by Crippen LogP contribution is 2.11. The molecule has 98 valence electrons. The Kier molecular flexibility index (Phi) is 3.61. The molecule has 0 bridgehead atoms. The summed E-state index contributed by atoms with van der Waals surface area (Å²) in [6, 6.07) is 0.254. The second-order valence-corrected chi connectivity index (χ2v) is 4.36. The highest BCUT2D eigenvalue weighted by molar-refractivity contribution is 5.93. The highest BCUT2D eigenvalue weighted by atomic mass is 16.2. The number of aromatic nitrogens is 2. The van der Waals surface area contributed by atoms with Gasteiger partial charge in [0.25, 0.3) is 11.5 Å². The third kappa shape index (κ3) is 2.51. The van der Waals surface area contributed by atoms with Crippen LogP contribution >= 0.6 is 0 Å². The second-order valence-electron chi connectivity index (χ2n) is 4.36. The molecule has 1 unspecified atom stereocenters. The average molecular weight is 252 g/mol. The predicted molar refractivity (Wildman–Crippen MR) is 65.7 cm³/mol. The van der Waals surface area contributed by atoms with Crippen LogP contribution in [0.4, 0.5) is 0 Å². The van der Waals surface area contributed by atoms with Gasteiger partial charge in [0.1, 0.15) is 5.56 Å². The number of nitrogens with zero attached hydrogens (tertiary/aromatic N) is 1. The van der Waals surface area contributed by atoms with Gasteiger partial charge < -0.3 is 15.2 Å². The smallest absolute Gasteiger partial charge is 0.325 e. The summed E-state index contributed by atoms with van der Waals surface area (Å²) in [6.07, 6.45) is 3.09. The van der Waals surface area contributed by atoms with Crippen LogP contribution in [0.2, 0.25) is 0 Å². The van der Waals surface area contributed by atoms with Crippen molar-refractivity contribution in [2.75, 3.05) is 20.1 Å². The average Bonchev–Trinajstić information content (AvgIpc) is 2.38. The van der Waals surface area contributed by atoms with E-state index in [0.29, 0.717) is 13.1 Å². The number of aromatic amines is 2. The van der Waals surface area contributed by atoms with Crippen molar-refractivity contribution in [2.45, 2.75) is 18.9 Å². The molecule has 1 atom stereocenters. The molecule has 0 aliphatic carbocycles. The van der Waals surface area contributed by atoms with E-state index in [9.17, 15) is 14.4 Å². The standard InChI is InChI=1S/C11H16N4O3/c1-12-7-3-2-4-15(6-7)10(17)8-5-13-11(18)14-9(8)16/h5,7,12H,2-4,6H2,1H3,(H2,13,14,16,18). The van der Waals surface area contributed by atoms with Gasteiger partial charge in [-0.15, -0.1) is 0 Å². The van der Waals surface area contributed by atoms with E-state index in [4.69, 9.17) is 0 Å². The lowest BCUT2D eigenvalue weighted by molar-refractivity contribution is 0.0696. The fourth-order valence-electron chi connectivity index (χ4n) is 2.14. The maximum Gasteiger partial charge on any atom is 0.325 e. The van der Waals surface area contributed by atoms with Crippen LogP contribution in [-0.4, -0.2) is 47.0 Å². The fraction of sp³-hybridized carbons (Fsp3) is 0.545. The summed E-state index contributed by atoms with van der Waals surface area (Å²) in [5, 5.41) is 3.13. The van der Waals surface area contributed by atoms with Gasteiger partial charge in [0.05, 0.1) is 0 Å². The number of carbonyl (C=O) groups excluding carboxylic acids is 1. The molecule has 2 rings (SSSR count). The molecule has 1 amide bonds. The van der Waals surface area contributed by atoms with Gasteiger partial charge in [-0.2, -0.15) is 0 Å². The zero-order valence-electron chi connectivity index (χ0n) is 10.2. The zero-order chi connectivity index (χ0) is 13.1. The molecule has 0 radical (unpaired) electrons. The summed E-state index contributed by atoms with van der Waals surface area (Å²) in [6.45, 7) is 1.21. The molecule has 1 aliphatic rings. The van der Waals surface area contributed by atoms with Crippen LogP contribution in [0.25, 0.3) is 0 Å². The lowest BCUT2D eigenvalue weighted by Crippen LogP contribution is -2.48. The van der Waals surface area contributed by atoms with Crippen molar-refractivity contribution >= 4 is 5.91 Å². The maximum atomic E-state index is 12.1. The molecule has 2 heterocycles. The van der Waals surface area contributed by atoms with Crippen LogP contribution in [0.5, 0.6) is 0 Å². The summed E-state index contributed by atoms with van der Waals surface area (Å²) in [5.74, 6) is -0.340. The first-order valence-corrected chi connectivity index (χ1v) is 5.90. The predicted octanol–water partition coefficient (Wildman–Crippen LogP) is -1.11. The lowest BCUT2D eigenvalue weighted by Gasteiger charge is -2.32. The van der Waals surface area contributed by atoms with E-state index in [1.54, 1.807) is 4.90 Å². The number of hydrogen-bond donors (Lipinski definition) is 3. The number of nitrogens with one attached hydrogen (secondary N) is 3. The summed E-state index contributed by atoms with van der Waals surface area (Å²) in [5.41, 5.74) is -1.27. The number of rotatable bonds is 2. The van der Waals surface area contributed by atoms with Crippen molar-refractivity contribution in [1.29, 1.82) is 0 Å². The largest absolute Gasteiger partial charge is 0.337 e. The molecule has 0 saturated carbocycles. The van der Waals surface area contributed by atoms with Crippen molar-refractivity contribution in [3.05, 3.63) is 32.6 Å². The Morgan fingerprint density at radius 2 is 2.28 bits per heavy atom. The first kappa shape index (κ1) is 12.6. The van der Waals surface area contributed by atoms with E-state index in [2.05, 4.69) is 15.3 Å². The number of H-pyrrole nitrogens is 2. The van der Waals surface area contributed by atoms with Gasteiger partial charge in [-0.3, -0.25) is 14.6 Å². The number of hydrogen-bond acceptors (Lipinski definition) is 4. The Bertz CT molecular complexity index is 548. The Morgan fingerprint density at radius 3 is 2.94 bits per heavy atom. The van der Waals surface area contributed by atoms with Crippen LogP contribution in [0, 0.1) is 0 Å². The van der Waals surface area contributed by atoms with E-state index >= 15 is 0 Å². The first-order valence-electron chi connectivity index (χ1n) is 5.90. The summed E-state index contributed by atoms with van der Waals surface area (Å²) in [4.78, 5) is 40.6. The van der Waals surface area contributed by atoms with Crippen LogP contribution < -0.4 is 16.6 Å². The lowest BCUT2D eigenvalue weighted by atomic mass is 10.1. The van der Waals surface area contributed by atoms with Crippen LogP contribution in [0.3, 0.4) is 0 Å². The maximum absolute atomic E-state index is 12.1. The van der Waals surface area contributed by atoms with Gasteiger partial charge in [0, 0.05) is 25.3 Å². The summed E-state index contributed by atoms with van der Waals surface area (Å²) < 4.78 is 0. The van der Waals surface area contributed by atoms with Gasteiger partial charge in [-0.05, 0) is 19.9 Å². The van der Waals surface area contributed by atoms with Crippen molar-refractivity contribution in [2.24, 2.45) is 0 Å². The number of piperidine rings is 1. The topological polar surface area (TPSA) is 98.1 Å². The normalized spacial score (nSPS) is 19.8. The quantitative estimate of drug-likeness (QED) is 0.621. The van der Waals surface area contributed by atoms with Crippen molar-refractivity contribution in [3.63, 3.8) is 0 Å². The van der Waals surface area contributed by atoms with Crippen LogP contribution in [0.1, 0.15) is 23.2 Å². The molecule has 1 saturated heterocycles. The molecule has 0 aromatic carbocycles. The van der Waals surface area contributed by atoms with Gasteiger partial charge in [-0.25, -0.2) is 4.79 Å². The molecule has 1 aromatic rings. The SMILES string of the molecule is CNC1CCCN(C(=O)c2c[nH]c(=O)[nH]c2=O)C1. The second kappa shape index (κ2) is 5.18. The molecular weight excluding hydrogens is 236 g/mol. The molecule has 1 aliphatic heterocycles. The fourth-order valence-corrected chi connectivity index (χ4v) is 2.14. The zero-order valence-corrected chi connectivity index (χ0v) is 10.2. The van der Waals surface area contributed by atoms with Crippen molar-refractivity contribution in [3.8, 4) is 0 Å². The van der Waals surface area contributed by atoms with Gasteiger partial charge in [0.15, 0.2) is 0 Å². The third-order valence-electron chi connectivity index (χ3n) is 3.17. The van der Waals surface area contributed by atoms with Gasteiger partial charge >= 0.3 is 5.69 Å². The number of amides is 1. The third-order valence-corrected chi connectivity index (χ3v) is 3.17. The van der Waals surface area contributed by atoms with Crippen LogP contribution in [0.15, 0.2) is 15.8 Å². The Hall–Kier alpha value is -1.89. The molecule has 0 spiro atoms. The Balaban J connectivity index is 2.20. The van der Waals surface area contributed by atoms with Crippen LogP contribution in [-0.2, 0) is 0 Å². The van der Waals surface area contributed by atoms with E-state index < -0.39 is 11.2 Å². The van der Waals surface area contributed by atoms with E-state index in [1.165, 1.54) is 6.20 Å². The first-order chi connectivity index (χ1) is 8.61. The summed E-state index contributed by atoms with van der Waals surface area (Å²) in [7, 11) is 1.85. The monoisotopic (exact) mass is 252 g/mol. The molecule has 7 nitrogen and oxygen atoms in total. The number of likely N-dealkylation sites (N-methyl/N-ethyl adjacent to an activating group) is 1. The van der Waals surface area contributed by atoms with E-state index in [0.717, 1.165) is 12.8 Å².